The predicted molar refractivity (Wildman–Crippen MR) is 236 cm³/mol. The molecule has 2 heterocycles. The van der Waals surface area contributed by atoms with Crippen LogP contribution in [0.4, 0.5) is 0 Å². The molecule has 1 aliphatic heterocycles. The molecule has 1 aromatic heterocycles. The highest BCUT2D eigenvalue weighted by molar-refractivity contribution is 7.09. The molecule has 2 aromatic rings. The Kier molecular flexibility index (Phi) is 20.7. The molecule has 1 fully saturated rings. The molecule has 9 atom stereocenters. The van der Waals surface area contributed by atoms with Gasteiger partial charge in [-0.3, -0.25) is 24.1 Å². The normalized spacial score (nSPS) is 18.2. The van der Waals surface area contributed by atoms with Gasteiger partial charge in [0, 0.05) is 33.2 Å². The van der Waals surface area contributed by atoms with Crippen LogP contribution in [0.5, 0.6) is 0 Å². The third kappa shape index (κ3) is 13.8. The molecule has 4 amide bonds. The van der Waals surface area contributed by atoms with Gasteiger partial charge in [0.2, 0.25) is 23.6 Å². The molecule has 1 aliphatic rings. The Hall–Kier alpha value is -3.96. The van der Waals surface area contributed by atoms with Crippen LogP contribution in [-0.2, 0) is 39.8 Å². The lowest BCUT2D eigenvalue weighted by atomic mass is 9.89. The van der Waals surface area contributed by atoms with E-state index < -0.39 is 54.3 Å². The average Bonchev–Trinajstić information content (AvgIpc) is 3.92. The molecular weight excluding hydrogens is 801 g/mol. The van der Waals surface area contributed by atoms with Gasteiger partial charge in [0.25, 0.3) is 0 Å². The molecule has 61 heavy (non-hydrogen) atoms. The molecule has 1 saturated heterocycles. The third-order valence-electron chi connectivity index (χ3n) is 11.9. The number of aliphatic hydroxyl groups excluding tert-OH is 1. The largest absolute Gasteiger partial charge is 0.459 e. The van der Waals surface area contributed by atoms with Crippen LogP contribution in [0.25, 0.3) is 0 Å². The van der Waals surface area contributed by atoms with Crippen molar-refractivity contribution in [1.29, 1.82) is 0 Å². The van der Waals surface area contributed by atoms with Crippen LogP contribution in [0.3, 0.4) is 0 Å². The SMILES string of the molecule is CC[C@H](C)[C@@H]([C@@H](CC(=O)N1CCC[C@H]1[C@H](OC)[C@@H](C)C(=O)N[C@@H](Cc1ccccc1)c1nc(C(=O)OCCO)cs1)OC)N(C)C(=O)[C@@H](NC(=O)[C@H](C(C)C)N(C)C)C(C)C. The summed E-state index contributed by atoms with van der Waals surface area (Å²) in [6.45, 7) is 13.6. The molecule has 0 spiro atoms. The van der Waals surface area contributed by atoms with E-state index in [0.29, 0.717) is 24.4 Å². The zero-order valence-corrected chi connectivity index (χ0v) is 39.2. The Balaban J connectivity index is 1.82. The van der Waals surface area contributed by atoms with Crippen molar-refractivity contribution in [2.75, 3.05) is 55.1 Å². The molecule has 3 rings (SSSR count). The fourth-order valence-electron chi connectivity index (χ4n) is 8.52. The topological polar surface area (TPSA) is 180 Å². The lowest BCUT2D eigenvalue weighted by Crippen LogP contribution is -2.59. The molecule has 0 unspecified atom stereocenters. The molecular formula is C45H72N6O9S. The smallest absolute Gasteiger partial charge is 0.357 e. The van der Waals surface area contributed by atoms with Crippen LogP contribution in [0.15, 0.2) is 35.7 Å². The lowest BCUT2D eigenvalue weighted by Gasteiger charge is -2.41. The number of hydrogen-bond acceptors (Lipinski definition) is 12. The second-order valence-corrected chi connectivity index (χ2v) is 18.0. The van der Waals surface area contributed by atoms with Gasteiger partial charge in [-0.1, -0.05) is 85.2 Å². The van der Waals surface area contributed by atoms with Gasteiger partial charge in [-0.15, -0.1) is 11.3 Å². The molecule has 0 aliphatic carbocycles. The number of carbonyl (C=O) groups excluding carboxylic acids is 5. The highest BCUT2D eigenvalue weighted by Crippen LogP contribution is 2.31. The number of esters is 1. The van der Waals surface area contributed by atoms with Gasteiger partial charge in [0.15, 0.2) is 5.69 Å². The number of carbonyl (C=O) groups is 5. The first-order valence-electron chi connectivity index (χ1n) is 21.6. The summed E-state index contributed by atoms with van der Waals surface area (Å²) in [7, 11) is 8.53. The first kappa shape index (κ1) is 51.4. The first-order chi connectivity index (χ1) is 28.9. The van der Waals surface area contributed by atoms with E-state index in [4.69, 9.17) is 19.3 Å². The zero-order chi connectivity index (χ0) is 45.6. The Morgan fingerprint density at radius 2 is 1.62 bits per heavy atom. The standard InChI is InChI=1S/C45H72N6O9S/c1-13-29(6)39(50(10)44(56)37(27(2)3)48-42(55)38(28(4)5)49(8)9)35(58-11)25-36(53)51-21-17-20-34(51)40(59-12)30(7)41(54)46-32(24-31-18-15-14-16-19-31)43-47-33(26-61-43)45(57)60-23-22-52/h14-16,18-19,26-30,32,34-35,37-40,52H,13,17,20-25H2,1-12H3,(H,46,54)(H,48,55)/t29-,30+,32-,34-,35+,37-,38-,39-,40+/m0/s1. The zero-order valence-electron chi connectivity index (χ0n) is 38.4. The van der Waals surface area contributed by atoms with Gasteiger partial charge in [-0.2, -0.15) is 0 Å². The van der Waals surface area contributed by atoms with E-state index in [1.807, 2.05) is 90.9 Å². The summed E-state index contributed by atoms with van der Waals surface area (Å²) in [6.07, 6.45) is 1.18. The minimum Gasteiger partial charge on any atom is -0.459 e. The second kappa shape index (κ2) is 24.6. The molecule has 0 bridgehead atoms. The fourth-order valence-corrected chi connectivity index (χ4v) is 9.36. The van der Waals surface area contributed by atoms with Crippen LogP contribution >= 0.6 is 11.3 Å². The maximum Gasteiger partial charge on any atom is 0.357 e. The Bertz CT molecular complexity index is 1700. The monoisotopic (exact) mass is 873 g/mol. The molecule has 1 aromatic carbocycles. The Morgan fingerprint density at radius 3 is 2.18 bits per heavy atom. The predicted octanol–water partition coefficient (Wildman–Crippen LogP) is 4.34. The highest BCUT2D eigenvalue weighted by Gasteiger charge is 2.43. The van der Waals surface area contributed by atoms with E-state index in [9.17, 15) is 24.0 Å². The van der Waals surface area contributed by atoms with Crippen molar-refractivity contribution in [2.45, 2.75) is 123 Å². The number of likely N-dealkylation sites (N-methyl/N-ethyl adjacent to an activating group) is 2. The van der Waals surface area contributed by atoms with E-state index in [1.54, 1.807) is 43.4 Å². The first-order valence-corrected chi connectivity index (χ1v) is 22.5. The number of rotatable bonds is 24. The molecule has 0 radical (unpaired) electrons. The van der Waals surface area contributed by atoms with Crippen LogP contribution in [0, 0.1) is 23.7 Å². The van der Waals surface area contributed by atoms with Crippen molar-refractivity contribution in [2.24, 2.45) is 23.7 Å². The number of benzene rings is 1. The second-order valence-electron chi connectivity index (χ2n) is 17.2. The third-order valence-corrected chi connectivity index (χ3v) is 12.9. The summed E-state index contributed by atoms with van der Waals surface area (Å²) in [4.78, 5) is 78.7. The van der Waals surface area contributed by atoms with Crippen molar-refractivity contribution < 1.29 is 43.3 Å². The molecule has 0 saturated carbocycles. The maximum atomic E-state index is 14.4. The van der Waals surface area contributed by atoms with Crippen molar-refractivity contribution in [3.63, 3.8) is 0 Å². The van der Waals surface area contributed by atoms with Crippen molar-refractivity contribution in [3.05, 3.63) is 52.0 Å². The quantitative estimate of drug-likeness (QED) is 0.128. The number of nitrogens with zero attached hydrogens (tertiary/aromatic N) is 4. The van der Waals surface area contributed by atoms with E-state index in [0.717, 1.165) is 18.4 Å². The number of aliphatic hydroxyl groups is 1. The van der Waals surface area contributed by atoms with Gasteiger partial charge in [-0.25, -0.2) is 9.78 Å². The molecule has 3 N–H and O–H groups in total. The number of ether oxygens (including phenoxy) is 3. The van der Waals surface area contributed by atoms with Crippen molar-refractivity contribution >= 4 is 40.9 Å². The minimum absolute atomic E-state index is 0.00232. The number of nitrogens with one attached hydrogen (secondary N) is 2. The van der Waals surface area contributed by atoms with Crippen molar-refractivity contribution in [1.82, 2.24) is 30.3 Å². The number of hydrogen-bond donors (Lipinski definition) is 3. The average molecular weight is 873 g/mol. The van der Waals surface area contributed by atoms with E-state index >= 15 is 0 Å². The van der Waals surface area contributed by atoms with E-state index in [1.165, 1.54) is 11.3 Å². The van der Waals surface area contributed by atoms with Gasteiger partial charge < -0.3 is 39.8 Å². The minimum atomic E-state index is -0.783. The summed E-state index contributed by atoms with van der Waals surface area (Å²) in [6, 6.07) is 6.99. The van der Waals surface area contributed by atoms with Gasteiger partial charge in [-0.05, 0) is 56.7 Å². The number of methoxy groups -OCH3 is 2. The van der Waals surface area contributed by atoms with Crippen LogP contribution in [-0.4, -0.2) is 146 Å². The number of thiazole rings is 1. The van der Waals surface area contributed by atoms with Crippen LogP contribution in [0.2, 0.25) is 0 Å². The fraction of sp³-hybridized carbons (Fsp3) is 0.689. The van der Waals surface area contributed by atoms with Gasteiger partial charge >= 0.3 is 5.97 Å². The van der Waals surface area contributed by atoms with E-state index in [-0.39, 0.29) is 66.7 Å². The van der Waals surface area contributed by atoms with E-state index in [2.05, 4.69) is 15.6 Å². The molecule has 16 heteroatoms. The van der Waals surface area contributed by atoms with Gasteiger partial charge in [0.05, 0.1) is 55.3 Å². The number of aromatic nitrogens is 1. The highest BCUT2D eigenvalue weighted by atomic mass is 32.1. The van der Waals surface area contributed by atoms with Crippen LogP contribution in [0.1, 0.15) is 101 Å². The maximum absolute atomic E-state index is 14.4. The number of amides is 4. The number of likely N-dealkylation sites (tertiary alicyclic amines) is 1. The summed E-state index contributed by atoms with van der Waals surface area (Å²) >= 11 is 1.23. The summed E-state index contributed by atoms with van der Waals surface area (Å²) in [5.41, 5.74) is 1.05. The lowest BCUT2D eigenvalue weighted by molar-refractivity contribution is -0.148. The summed E-state index contributed by atoms with van der Waals surface area (Å²) < 4.78 is 17.2. The van der Waals surface area contributed by atoms with Gasteiger partial charge in [0.1, 0.15) is 17.7 Å². The summed E-state index contributed by atoms with van der Waals surface area (Å²) in [5.74, 6) is -2.47. The molecule has 342 valence electrons. The Morgan fingerprint density at radius 1 is 0.951 bits per heavy atom. The molecule has 15 nitrogen and oxygen atoms in total. The van der Waals surface area contributed by atoms with Crippen molar-refractivity contribution in [3.8, 4) is 0 Å². The summed E-state index contributed by atoms with van der Waals surface area (Å²) in [5, 5.41) is 17.4. The van der Waals surface area contributed by atoms with Crippen LogP contribution < -0.4 is 10.6 Å². The Labute approximate surface area is 367 Å².